The van der Waals surface area contributed by atoms with Gasteiger partial charge in [-0.15, -0.1) is 0 Å². The van der Waals surface area contributed by atoms with Crippen LogP contribution in [0.15, 0.2) is 24.3 Å². The van der Waals surface area contributed by atoms with Crippen molar-refractivity contribution in [3.63, 3.8) is 0 Å². The van der Waals surface area contributed by atoms with Crippen molar-refractivity contribution in [2.45, 2.75) is 32.1 Å². The molecule has 3 nitrogen and oxygen atoms in total. The van der Waals surface area contributed by atoms with Crippen molar-refractivity contribution < 1.29 is 4.74 Å². The second-order valence-electron chi connectivity index (χ2n) is 5.03. The minimum atomic E-state index is 0.764. The largest absolute Gasteiger partial charge is 0.493 e. The fourth-order valence-electron chi connectivity index (χ4n) is 2.44. The van der Waals surface area contributed by atoms with Crippen molar-refractivity contribution in [2.24, 2.45) is 0 Å². The molecule has 0 amide bonds. The van der Waals surface area contributed by atoms with Crippen LogP contribution in [-0.2, 0) is 0 Å². The van der Waals surface area contributed by atoms with Crippen LogP contribution in [0.1, 0.15) is 32.1 Å². The third-order valence-corrected chi connectivity index (χ3v) is 3.44. The first kappa shape index (κ1) is 13.2. The van der Waals surface area contributed by atoms with Crippen LogP contribution < -0.4 is 10.5 Å². The molecule has 0 unspecified atom stereocenters. The van der Waals surface area contributed by atoms with Crippen LogP contribution >= 0.6 is 0 Å². The maximum Gasteiger partial charge on any atom is 0.121 e. The Hall–Kier alpha value is -1.22. The lowest BCUT2D eigenvalue weighted by molar-refractivity contribution is 0.240. The van der Waals surface area contributed by atoms with Gasteiger partial charge in [-0.2, -0.15) is 0 Å². The third kappa shape index (κ3) is 4.57. The molecule has 3 heteroatoms. The van der Waals surface area contributed by atoms with Gasteiger partial charge >= 0.3 is 0 Å². The molecule has 0 bridgehead atoms. The number of hydrogen-bond acceptors (Lipinski definition) is 3. The van der Waals surface area contributed by atoms with E-state index >= 15 is 0 Å². The van der Waals surface area contributed by atoms with E-state index in [1.165, 1.54) is 38.8 Å². The third-order valence-electron chi connectivity index (χ3n) is 3.44. The van der Waals surface area contributed by atoms with E-state index in [0.717, 1.165) is 31.0 Å². The Labute approximate surface area is 110 Å². The molecule has 18 heavy (non-hydrogen) atoms. The Morgan fingerprint density at radius 2 is 1.89 bits per heavy atom. The molecule has 2 rings (SSSR count). The van der Waals surface area contributed by atoms with Gasteiger partial charge in [0.15, 0.2) is 0 Å². The van der Waals surface area contributed by atoms with Gasteiger partial charge in [0, 0.05) is 18.3 Å². The molecule has 1 fully saturated rings. The average Bonchev–Trinajstić information content (AvgIpc) is 2.63. The number of nitrogens with two attached hydrogens (primary N) is 1. The van der Waals surface area contributed by atoms with Crippen LogP contribution in [0.2, 0.25) is 0 Å². The predicted octanol–water partition coefficient (Wildman–Crippen LogP) is 2.91. The molecular formula is C15H24N2O. The summed E-state index contributed by atoms with van der Waals surface area (Å²) in [5.74, 6) is 0.880. The van der Waals surface area contributed by atoms with Crippen molar-refractivity contribution in [1.29, 1.82) is 0 Å². The Kier molecular flexibility index (Phi) is 5.34. The van der Waals surface area contributed by atoms with Gasteiger partial charge in [-0.1, -0.05) is 18.9 Å². The number of benzene rings is 1. The standard InChI is InChI=1S/C15H24N2O/c16-14-7-5-8-15(13-14)18-12-6-11-17-9-3-1-2-4-10-17/h5,7-8,13H,1-4,6,9-12,16H2. The summed E-state index contributed by atoms with van der Waals surface area (Å²) < 4.78 is 5.70. The van der Waals surface area contributed by atoms with E-state index in [-0.39, 0.29) is 0 Å². The topological polar surface area (TPSA) is 38.5 Å². The molecule has 1 aliphatic rings. The summed E-state index contributed by atoms with van der Waals surface area (Å²) in [6.07, 6.45) is 6.60. The van der Waals surface area contributed by atoms with Gasteiger partial charge in [0.25, 0.3) is 0 Å². The maximum atomic E-state index is 5.71. The quantitative estimate of drug-likeness (QED) is 0.643. The predicted molar refractivity (Wildman–Crippen MR) is 75.9 cm³/mol. The van der Waals surface area contributed by atoms with Crippen LogP contribution in [0.3, 0.4) is 0 Å². The van der Waals surface area contributed by atoms with Gasteiger partial charge in [-0.05, 0) is 44.5 Å². The molecule has 0 aromatic heterocycles. The van der Waals surface area contributed by atoms with Crippen LogP contribution in [0.4, 0.5) is 5.69 Å². The lowest BCUT2D eigenvalue weighted by Crippen LogP contribution is -2.26. The summed E-state index contributed by atoms with van der Waals surface area (Å²) in [5.41, 5.74) is 6.47. The maximum absolute atomic E-state index is 5.71. The zero-order chi connectivity index (χ0) is 12.6. The fraction of sp³-hybridized carbons (Fsp3) is 0.600. The summed E-state index contributed by atoms with van der Waals surface area (Å²) in [7, 11) is 0. The number of anilines is 1. The highest BCUT2D eigenvalue weighted by Crippen LogP contribution is 2.15. The number of nitrogens with zero attached hydrogens (tertiary/aromatic N) is 1. The molecule has 0 radical (unpaired) electrons. The molecular weight excluding hydrogens is 224 g/mol. The lowest BCUT2D eigenvalue weighted by atomic mass is 10.2. The van der Waals surface area contributed by atoms with E-state index in [1.54, 1.807) is 0 Å². The molecule has 1 heterocycles. The molecule has 1 aromatic rings. The Morgan fingerprint density at radius 1 is 1.11 bits per heavy atom. The highest BCUT2D eigenvalue weighted by Gasteiger charge is 2.08. The van der Waals surface area contributed by atoms with Gasteiger partial charge < -0.3 is 15.4 Å². The van der Waals surface area contributed by atoms with Gasteiger partial charge in [0.2, 0.25) is 0 Å². The summed E-state index contributed by atoms with van der Waals surface area (Å²) >= 11 is 0. The molecule has 2 N–H and O–H groups in total. The minimum Gasteiger partial charge on any atom is -0.493 e. The number of rotatable bonds is 5. The van der Waals surface area contributed by atoms with E-state index in [0.29, 0.717) is 0 Å². The molecule has 100 valence electrons. The normalized spacial score (nSPS) is 17.3. The number of hydrogen-bond donors (Lipinski definition) is 1. The molecule has 1 aromatic carbocycles. The summed E-state index contributed by atoms with van der Waals surface area (Å²) in [6, 6.07) is 7.65. The number of nitrogen functional groups attached to an aromatic ring is 1. The number of ether oxygens (including phenoxy) is 1. The second kappa shape index (κ2) is 7.27. The van der Waals surface area contributed by atoms with Gasteiger partial charge in [0.1, 0.15) is 5.75 Å². The molecule has 0 spiro atoms. The Balaban J connectivity index is 1.63. The van der Waals surface area contributed by atoms with Crippen LogP contribution in [-0.4, -0.2) is 31.1 Å². The summed E-state index contributed by atoms with van der Waals surface area (Å²) in [5, 5.41) is 0. The van der Waals surface area contributed by atoms with E-state index in [2.05, 4.69) is 4.90 Å². The van der Waals surface area contributed by atoms with Crippen molar-refractivity contribution in [3.05, 3.63) is 24.3 Å². The summed E-state index contributed by atoms with van der Waals surface area (Å²) in [6.45, 7) is 4.46. The van der Waals surface area contributed by atoms with Crippen molar-refractivity contribution >= 4 is 5.69 Å². The van der Waals surface area contributed by atoms with E-state index < -0.39 is 0 Å². The first-order valence-electron chi connectivity index (χ1n) is 7.05. The minimum absolute atomic E-state index is 0.764. The van der Waals surface area contributed by atoms with E-state index in [4.69, 9.17) is 10.5 Å². The SMILES string of the molecule is Nc1cccc(OCCCN2CCCCCC2)c1. The fourth-order valence-corrected chi connectivity index (χ4v) is 2.44. The monoisotopic (exact) mass is 248 g/mol. The van der Waals surface area contributed by atoms with E-state index in [9.17, 15) is 0 Å². The van der Waals surface area contributed by atoms with Crippen LogP contribution in [0.5, 0.6) is 5.75 Å². The van der Waals surface area contributed by atoms with Crippen molar-refractivity contribution in [3.8, 4) is 5.75 Å². The van der Waals surface area contributed by atoms with Crippen LogP contribution in [0.25, 0.3) is 0 Å². The highest BCUT2D eigenvalue weighted by atomic mass is 16.5. The van der Waals surface area contributed by atoms with Crippen molar-refractivity contribution in [2.75, 3.05) is 32.0 Å². The molecule has 0 aliphatic carbocycles. The zero-order valence-electron chi connectivity index (χ0n) is 11.1. The first-order chi connectivity index (χ1) is 8.84. The Bertz CT molecular complexity index is 346. The molecule has 0 atom stereocenters. The van der Waals surface area contributed by atoms with Gasteiger partial charge in [-0.3, -0.25) is 0 Å². The van der Waals surface area contributed by atoms with Gasteiger partial charge in [-0.25, -0.2) is 0 Å². The highest BCUT2D eigenvalue weighted by molar-refractivity contribution is 5.43. The molecule has 1 saturated heterocycles. The van der Waals surface area contributed by atoms with Crippen molar-refractivity contribution in [1.82, 2.24) is 4.90 Å². The first-order valence-corrected chi connectivity index (χ1v) is 7.05. The molecule has 1 aliphatic heterocycles. The Morgan fingerprint density at radius 3 is 2.61 bits per heavy atom. The average molecular weight is 248 g/mol. The summed E-state index contributed by atoms with van der Waals surface area (Å²) in [4.78, 5) is 2.57. The smallest absolute Gasteiger partial charge is 0.121 e. The van der Waals surface area contributed by atoms with E-state index in [1.807, 2.05) is 24.3 Å². The zero-order valence-corrected chi connectivity index (χ0v) is 11.1. The van der Waals surface area contributed by atoms with Gasteiger partial charge in [0.05, 0.1) is 6.61 Å². The van der Waals surface area contributed by atoms with Crippen LogP contribution in [0, 0.1) is 0 Å². The second-order valence-corrected chi connectivity index (χ2v) is 5.03. The molecule has 0 saturated carbocycles. The number of likely N-dealkylation sites (tertiary alicyclic amines) is 1. The lowest BCUT2D eigenvalue weighted by Gasteiger charge is -2.19.